The Balaban J connectivity index is 1.37. The smallest absolute Gasteiger partial charge is 0.257 e. The molecule has 2 aromatic rings. The SMILES string of the molecule is Cc1ccc(C2=NN(C(=O)CN3CCC4(CC3)OCCO4)[C@H](c3ccccc3F)C2)c(C)c1. The third-order valence-electron chi connectivity index (χ3n) is 6.91. The van der Waals surface area contributed by atoms with E-state index < -0.39 is 11.8 Å². The number of carbonyl (C=O) groups is 1. The fourth-order valence-electron chi connectivity index (χ4n) is 5.13. The number of ether oxygens (including phenoxy) is 2. The molecule has 0 bridgehead atoms. The van der Waals surface area contributed by atoms with Gasteiger partial charge in [-0.15, -0.1) is 0 Å². The second-order valence-corrected chi connectivity index (χ2v) is 9.23. The molecule has 0 aliphatic carbocycles. The first-order chi connectivity index (χ1) is 15.9. The fraction of sp³-hybridized carbons (Fsp3) is 0.462. The molecule has 0 unspecified atom stereocenters. The molecule has 0 saturated carbocycles. The average Bonchev–Trinajstić information content (AvgIpc) is 3.44. The van der Waals surface area contributed by atoms with Crippen LogP contribution in [-0.4, -0.2) is 60.2 Å². The largest absolute Gasteiger partial charge is 0.347 e. The van der Waals surface area contributed by atoms with Crippen LogP contribution in [-0.2, 0) is 14.3 Å². The summed E-state index contributed by atoms with van der Waals surface area (Å²) in [6, 6.07) is 12.4. The molecule has 174 valence electrons. The summed E-state index contributed by atoms with van der Waals surface area (Å²) in [5.74, 6) is -0.906. The van der Waals surface area contributed by atoms with Crippen molar-refractivity contribution < 1.29 is 18.7 Å². The summed E-state index contributed by atoms with van der Waals surface area (Å²) in [5.41, 5.74) is 4.60. The quantitative estimate of drug-likeness (QED) is 0.706. The van der Waals surface area contributed by atoms with Crippen LogP contribution in [0.5, 0.6) is 0 Å². The van der Waals surface area contributed by atoms with Gasteiger partial charge < -0.3 is 9.47 Å². The first kappa shape index (κ1) is 22.2. The van der Waals surface area contributed by atoms with Gasteiger partial charge in [-0.05, 0) is 25.5 Å². The zero-order chi connectivity index (χ0) is 23.0. The van der Waals surface area contributed by atoms with Gasteiger partial charge in [0.25, 0.3) is 5.91 Å². The molecule has 1 atom stereocenters. The average molecular weight is 452 g/mol. The summed E-state index contributed by atoms with van der Waals surface area (Å²) in [7, 11) is 0. The van der Waals surface area contributed by atoms with Crippen molar-refractivity contribution >= 4 is 11.6 Å². The molecule has 2 aromatic carbocycles. The molecule has 1 amide bonds. The molecule has 5 rings (SSSR count). The van der Waals surface area contributed by atoms with Crippen LogP contribution in [0, 0.1) is 19.7 Å². The van der Waals surface area contributed by atoms with Gasteiger partial charge >= 0.3 is 0 Å². The van der Waals surface area contributed by atoms with Crippen molar-refractivity contribution in [2.45, 2.75) is 44.9 Å². The molecule has 2 saturated heterocycles. The zero-order valence-corrected chi connectivity index (χ0v) is 19.2. The molecule has 3 aliphatic rings. The number of rotatable bonds is 4. The lowest BCUT2D eigenvalue weighted by Gasteiger charge is -2.37. The van der Waals surface area contributed by atoms with E-state index in [9.17, 15) is 9.18 Å². The van der Waals surface area contributed by atoms with Crippen molar-refractivity contribution in [3.05, 3.63) is 70.5 Å². The second kappa shape index (κ2) is 8.97. The van der Waals surface area contributed by atoms with Crippen LogP contribution < -0.4 is 0 Å². The van der Waals surface area contributed by atoms with E-state index in [1.54, 1.807) is 12.1 Å². The highest BCUT2D eigenvalue weighted by Gasteiger charge is 2.41. The van der Waals surface area contributed by atoms with Crippen LogP contribution in [0.25, 0.3) is 0 Å². The predicted molar refractivity (Wildman–Crippen MR) is 123 cm³/mol. The number of carbonyl (C=O) groups excluding carboxylic acids is 1. The van der Waals surface area contributed by atoms with Crippen molar-refractivity contribution in [1.82, 2.24) is 9.91 Å². The Morgan fingerprint density at radius 3 is 2.55 bits per heavy atom. The van der Waals surface area contributed by atoms with Crippen LogP contribution in [0.3, 0.4) is 0 Å². The molecule has 0 N–H and O–H groups in total. The number of hydrogen-bond donors (Lipinski definition) is 0. The second-order valence-electron chi connectivity index (χ2n) is 9.23. The van der Waals surface area contributed by atoms with Crippen molar-refractivity contribution in [2.75, 3.05) is 32.8 Å². The number of amides is 1. The molecule has 33 heavy (non-hydrogen) atoms. The molecule has 0 aromatic heterocycles. The number of piperidine rings is 1. The first-order valence-corrected chi connectivity index (χ1v) is 11.7. The highest BCUT2D eigenvalue weighted by atomic mass is 19.1. The number of nitrogens with zero attached hydrogens (tertiary/aromatic N) is 3. The van der Waals surface area contributed by atoms with E-state index in [2.05, 4.69) is 17.9 Å². The minimum atomic E-state index is -0.475. The first-order valence-electron chi connectivity index (χ1n) is 11.7. The Hall–Kier alpha value is -2.61. The normalized spacial score (nSPS) is 22.7. The summed E-state index contributed by atoms with van der Waals surface area (Å²) in [6.45, 7) is 7.04. The molecule has 1 spiro atoms. The lowest BCUT2D eigenvalue weighted by Crippen LogP contribution is -2.48. The van der Waals surface area contributed by atoms with E-state index in [0.717, 1.165) is 42.8 Å². The number of halogens is 1. The number of hydrogen-bond acceptors (Lipinski definition) is 5. The van der Waals surface area contributed by atoms with Gasteiger partial charge in [-0.25, -0.2) is 9.40 Å². The molecule has 0 radical (unpaired) electrons. The third kappa shape index (κ3) is 4.45. The molecule has 3 aliphatic heterocycles. The van der Waals surface area contributed by atoms with Gasteiger partial charge in [-0.2, -0.15) is 5.10 Å². The predicted octanol–water partition coefficient (Wildman–Crippen LogP) is 3.96. The van der Waals surface area contributed by atoms with Gasteiger partial charge in [0.15, 0.2) is 5.79 Å². The van der Waals surface area contributed by atoms with E-state index in [1.165, 1.54) is 16.6 Å². The standard InChI is InChI=1S/C26H30FN3O3/c1-18-7-8-20(19(2)15-18)23-16-24(21-5-3-4-6-22(21)27)30(28-23)25(31)17-29-11-9-26(10-12-29)32-13-14-33-26/h3-8,15,24H,9-14,16-17H2,1-2H3/t24-/m0/s1. The number of benzene rings is 2. The maximum atomic E-state index is 14.7. The van der Waals surface area contributed by atoms with Crippen molar-refractivity contribution in [3.8, 4) is 0 Å². The Kier molecular flexibility index (Phi) is 6.03. The van der Waals surface area contributed by atoms with Gasteiger partial charge in [-0.3, -0.25) is 9.69 Å². The molecule has 6 nitrogen and oxygen atoms in total. The molecule has 7 heteroatoms. The van der Waals surface area contributed by atoms with Gasteiger partial charge in [-0.1, -0.05) is 42.0 Å². The number of aryl methyl sites for hydroxylation is 2. The Bertz CT molecular complexity index is 1070. The lowest BCUT2D eigenvalue weighted by atomic mass is 9.95. The maximum Gasteiger partial charge on any atom is 0.257 e. The molecular weight excluding hydrogens is 421 g/mol. The van der Waals surface area contributed by atoms with Gasteiger partial charge in [0.1, 0.15) is 5.82 Å². The van der Waals surface area contributed by atoms with Gasteiger partial charge in [0, 0.05) is 43.5 Å². The Morgan fingerprint density at radius 1 is 1.12 bits per heavy atom. The zero-order valence-electron chi connectivity index (χ0n) is 19.2. The van der Waals surface area contributed by atoms with E-state index in [-0.39, 0.29) is 18.3 Å². The van der Waals surface area contributed by atoms with E-state index in [0.29, 0.717) is 25.2 Å². The maximum absolute atomic E-state index is 14.7. The highest BCUT2D eigenvalue weighted by Crippen LogP contribution is 2.36. The Morgan fingerprint density at radius 2 is 1.85 bits per heavy atom. The monoisotopic (exact) mass is 451 g/mol. The molecule has 3 heterocycles. The van der Waals surface area contributed by atoms with Crippen LogP contribution in [0.15, 0.2) is 47.6 Å². The van der Waals surface area contributed by atoms with Crippen LogP contribution in [0.4, 0.5) is 4.39 Å². The topological polar surface area (TPSA) is 54.4 Å². The number of likely N-dealkylation sites (tertiary alicyclic amines) is 1. The van der Waals surface area contributed by atoms with Crippen molar-refractivity contribution in [2.24, 2.45) is 5.10 Å². The Labute approximate surface area is 194 Å². The molecule has 2 fully saturated rings. The van der Waals surface area contributed by atoms with Crippen molar-refractivity contribution in [1.29, 1.82) is 0 Å². The van der Waals surface area contributed by atoms with Crippen LogP contribution in [0.2, 0.25) is 0 Å². The van der Waals surface area contributed by atoms with Gasteiger partial charge in [0.2, 0.25) is 0 Å². The number of hydrazone groups is 1. The van der Waals surface area contributed by atoms with E-state index >= 15 is 0 Å². The summed E-state index contributed by atoms with van der Waals surface area (Å²) >= 11 is 0. The fourth-order valence-corrected chi connectivity index (χ4v) is 5.13. The summed E-state index contributed by atoms with van der Waals surface area (Å²) in [5, 5.41) is 6.24. The van der Waals surface area contributed by atoms with Crippen molar-refractivity contribution in [3.63, 3.8) is 0 Å². The highest BCUT2D eigenvalue weighted by molar-refractivity contribution is 6.04. The minimum Gasteiger partial charge on any atom is -0.347 e. The van der Waals surface area contributed by atoms with E-state index in [1.807, 2.05) is 25.1 Å². The van der Waals surface area contributed by atoms with Crippen LogP contribution in [0.1, 0.15) is 47.6 Å². The summed E-state index contributed by atoms with van der Waals surface area (Å²) in [4.78, 5) is 15.5. The third-order valence-corrected chi connectivity index (χ3v) is 6.91. The van der Waals surface area contributed by atoms with Crippen LogP contribution >= 0.6 is 0 Å². The summed E-state index contributed by atoms with van der Waals surface area (Å²) < 4.78 is 26.3. The minimum absolute atomic E-state index is 0.118. The van der Waals surface area contributed by atoms with Gasteiger partial charge in [0.05, 0.1) is 31.5 Å². The molecular formula is C26H30FN3O3. The van der Waals surface area contributed by atoms with E-state index in [4.69, 9.17) is 14.6 Å². The lowest BCUT2D eigenvalue weighted by molar-refractivity contribution is -0.186. The summed E-state index contributed by atoms with van der Waals surface area (Å²) in [6.07, 6.45) is 1.98.